The van der Waals surface area contributed by atoms with Crippen LogP contribution in [0.3, 0.4) is 0 Å². The molecule has 148 valence electrons. The average Bonchev–Trinajstić information content (AvgIpc) is 3.14. The Bertz CT molecular complexity index is 950. The lowest BCUT2D eigenvalue weighted by atomic mass is 10.1. The zero-order valence-corrected chi connectivity index (χ0v) is 17.8. The first kappa shape index (κ1) is 20.3. The molecule has 0 atom stereocenters. The number of aryl methyl sites for hydroxylation is 1. The van der Waals surface area contributed by atoms with Crippen LogP contribution in [0.25, 0.3) is 10.2 Å². The molecular weight excluding hydrogens is 370 g/mol. The fourth-order valence-corrected chi connectivity index (χ4v) is 4.18. The van der Waals surface area contributed by atoms with Crippen LogP contribution in [0.15, 0.2) is 42.5 Å². The van der Waals surface area contributed by atoms with Crippen LogP contribution in [-0.2, 0) is 0 Å². The number of carbonyl (C=O) groups excluding carboxylic acids is 1. The third kappa shape index (κ3) is 4.34. The van der Waals surface area contributed by atoms with E-state index >= 15 is 0 Å². The van der Waals surface area contributed by atoms with E-state index in [4.69, 9.17) is 9.72 Å². The van der Waals surface area contributed by atoms with Crippen LogP contribution in [0.4, 0.5) is 5.13 Å². The highest BCUT2D eigenvalue weighted by Gasteiger charge is 2.23. The zero-order chi connectivity index (χ0) is 20.1. The van der Waals surface area contributed by atoms with Crippen molar-refractivity contribution in [1.82, 2.24) is 9.88 Å². The minimum Gasteiger partial charge on any atom is -0.497 e. The molecule has 0 saturated heterocycles. The fourth-order valence-electron chi connectivity index (χ4n) is 3.16. The third-order valence-electron chi connectivity index (χ3n) is 4.97. The summed E-state index contributed by atoms with van der Waals surface area (Å²) in [6.07, 6.45) is 0. The van der Waals surface area contributed by atoms with E-state index in [-0.39, 0.29) is 5.91 Å². The van der Waals surface area contributed by atoms with E-state index in [0.717, 1.165) is 51.9 Å². The van der Waals surface area contributed by atoms with E-state index < -0.39 is 0 Å². The molecule has 3 rings (SSSR count). The van der Waals surface area contributed by atoms with Crippen LogP contribution in [0.2, 0.25) is 0 Å². The van der Waals surface area contributed by atoms with Gasteiger partial charge in [-0.2, -0.15) is 0 Å². The minimum absolute atomic E-state index is 0.00345. The highest BCUT2D eigenvalue weighted by molar-refractivity contribution is 7.22. The highest BCUT2D eigenvalue weighted by atomic mass is 32.1. The number of fused-ring (bicyclic) bond motifs is 1. The Morgan fingerprint density at radius 3 is 2.54 bits per heavy atom. The quantitative estimate of drug-likeness (QED) is 0.557. The van der Waals surface area contributed by atoms with Crippen LogP contribution >= 0.6 is 11.3 Å². The Kier molecular flexibility index (Phi) is 6.65. The number of ether oxygens (including phenoxy) is 1. The number of methoxy groups -OCH3 is 1. The van der Waals surface area contributed by atoms with Gasteiger partial charge in [-0.1, -0.05) is 43.4 Å². The zero-order valence-electron chi connectivity index (χ0n) is 16.9. The largest absolute Gasteiger partial charge is 0.497 e. The monoisotopic (exact) mass is 397 g/mol. The number of anilines is 1. The number of rotatable bonds is 8. The van der Waals surface area contributed by atoms with Gasteiger partial charge in [0, 0.05) is 18.7 Å². The lowest BCUT2D eigenvalue weighted by Gasteiger charge is -2.25. The van der Waals surface area contributed by atoms with Gasteiger partial charge >= 0.3 is 0 Å². The van der Waals surface area contributed by atoms with Gasteiger partial charge in [-0.15, -0.1) is 0 Å². The molecule has 0 radical (unpaired) electrons. The summed E-state index contributed by atoms with van der Waals surface area (Å²) in [5, 5.41) is 0.726. The first-order valence-electron chi connectivity index (χ1n) is 9.61. The molecule has 0 aliphatic rings. The molecule has 0 unspecified atom stereocenters. The summed E-state index contributed by atoms with van der Waals surface area (Å²) in [6, 6.07) is 13.5. The Labute approximate surface area is 170 Å². The molecule has 5 nitrogen and oxygen atoms in total. The number of thiazole rings is 1. The van der Waals surface area contributed by atoms with Crippen LogP contribution in [0.5, 0.6) is 5.75 Å². The molecule has 3 aromatic rings. The van der Waals surface area contributed by atoms with Crippen molar-refractivity contribution >= 4 is 32.6 Å². The highest BCUT2D eigenvalue weighted by Crippen LogP contribution is 2.32. The molecule has 0 bridgehead atoms. The maximum absolute atomic E-state index is 13.4. The van der Waals surface area contributed by atoms with Crippen molar-refractivity contribution < 1.29 is 9.53 Å². The normalized spacial score (nSPS) is 11.2. The number of carbonyl (C=O) groups is 1. The van der Waals surface area contributed by atoms with Gasteiger partial charge in [0.2, 0.25) is 0 Å². The number of amides is 1. The van der Waals surface area contributed by atoms with Gasteiger partial charge in [-0.3, -0.25) is 9.69 Å². The molecule has 6 heteroatoms. The molecule has 28 heavy (non-hydrogen) atoms. The van der Waals surface area contributed by atoms with Crippen molar-refractivity contribution in [2.24, 2.45) is 0 Å². The average molecular weight is 398 g/mol. The van der Waals surface area contributed by atoms with E-state index in [2.05, 4.69) is 18.7 Å². The van der Waals surface area contributed by atoms with E-state index in [1.807, 2.05) is 54.3 Å². The molecule has 0 aliphatic heterocycles. The van der Waals surface area contributed by atoms with E-state index in [1.54, 1.807) is 7.11 Å². The lowest BCUT2D eigenvalue weighted by molar-refractivity contribution is 0.0983. The summed E-state index contributed by atoms with van der Waals surface area (Å²) < 4.78 is 6.34. The molecule has 0 saturated carbocycles. The van der Waals surface area contributed by atoms with Gasteiger partial charge in [0.25, 0.3) is 5.91 Å². The standard InChI is InChI=1S/C22H27N3O2S/c1-5-24(6-2)13-14-25(21(26)18-10-8-7-9-16(18)3)22-23-19-12-11-17(27-4)15-20(19)28-22/h7-12,15H,5-6,13-14H2,1-4H3. The molecule has 2 aromatic carbocycles. The molecule has 0 N–H and O–H groups in total. The molecular formula is C22H27N3O2S. The summed E-state index contributed by atoms with van der Waals surface area (Å²) in [6.45, 7) is 9.58. The predicted molar refractivity (Wildman–Crippen MR) is 117 cm³/mol. The topological polar surface area (TPSA) is 45.7 Å². The first-order chi connectivity index (χ1) is 13.6. The van der Waals surface area contributed by atoms with Crippen molar-refractivity contribution in [2.75, 3.05) is 38.2 Å². The van der Waals surface area contributed by atoms with Crippen LogP contribution in [-0.4, -0.2) is 49.1 Å². The summed E-state index contributed by atoms with van der Waals surface area (Å²) in [5.74, 6) is 0.791. The molecule has 1 aromatic heterocycles. The summed E-state index contributed by atoms with van der Waals surface area (Å²) in [5.41, 5.74) is 2.58. The van der Waals surface area contributed by atoms with E-state index in [0.29, 0.717) is 6.54 Å². The van der Waals surface area contributed by atoms with Gasteiger partial charge in [0.05, 0.1) is 17.3 Å². The van der Waals surface area contributed by atoms with Gasteiger partial charge < -0.3 is 9.64 Å². The third-order valence-corrected chi connectivity index (χ3v) is 6.01. The molecule has 1 amide bonds. The Morgan fingerprint density at radius 2 is 1.86 bits per heavy atom. The van der Waals surface area contributed by atoms with E-state index in [1.165, 1.54) is 11.3 Å². The molecule has 0 spiro atoms. The fraction of sp³-hybridized carbons (Fsp3) is 0.364. The van der Waals surface area contributed by atoms with Crippen LogP contribution < -0.4 is 9.64 Å². The van der Waals surface area contributed by atoms with Crippen molar-refractivity contribution in [3.63, 3.8) is 0 Å². The lowest BCUT2D eigenvalue weighted by Crippen LogP contribution is -2.39. The second-order valence-electron chi connectivity index (χ2n) is 6.63. The number of hydrogen-bond donors (Lipinski definition) is 0. The SMILES string of the molecule is CCN(CC)CCN(C(=O)c1ccccc1C)c1nc2ccc(OC)cc2s1. The van der Waals surface area contributed by atoms with Crippen molar-refractivity contribution in [2.45, 2.75) is 20.8 Å². The summed E-state index contributed by atoms with van der Waals surface area (Å²) in [4.78, 5) is 22.3. The van der Waals surface area contributed by atoms with Crippen LogP contribution in [0, 0.1) is 6.92 Å². The summed E-state index contributed by atoms with van der Waals surface area (Å²) in [7, 11) is 1.65. The Hall–Kier alpha value is -2.44. The predicted octanol–water partition coefficient (Wildman–Crippen LogP) is 4.60. The van der Waals surface area contributed by atoms with Crippen molar-refractivity contribution in [3.05, 3.63) is 53.6 Å². The molecule has 1 heterocycles. The maximum atomic E-state index is 13.4. The summed E-state index contributed by atoms with van der Waals surface area (Å²) >= 11 is 1.53. The Morgan fingerprint density at radius 1 is 1.11 bits per heavy atom. The number of aromatic nitrogens is 1. The smallest absolute Gasteiger partial charge is 0.260 e. The van der Waals surface area contributed by atoms with Gasteiger partial charge in [-0.05, 0) is 49.8 Å². The van der Waals surface area contributed by atoms with Gasteiger partial charge in [0.15, 0.2) is 5.13 Å². The Balaban J connectivity index is 1.97. The maximum Gasteiger partial charge on any atom is 0.260 e. The van der Waals surface area contributed by atoms with Crippen LogP contribution in [0.1, 0.15) is 29.8 Å². The molecule has 0 fully saturated rings. The number of likely N-dealkylation sites (N-methyl/N-ethyl adjacent to an activating group) is 1. The molecule has 0 aliphatic carbocycles. The minimum atomic E-state index is -0.00345. The number of benzene rings is 2. The number of hydrogen-bond acceptors (Lipinski definition) is 5. The van der Waals surface area contributed by atoms with Gasteiger partial charge in [-0.25, -0.2) is 4.98 Å². The van der Waals surface area contributed by atoms with E-state index in [9.17, 15) is 4.79 Å². The van der Waals surface area contributed by atoms with Gasteiger partial charge in [0.1, 0.15) is 5.75 Å². The second-order valence-corrected chi connectivity index (χ2v) is 7.64. The second kappa shape index (κ2) is 9.17. The van der Waals surface area contributed by atoms with Crippen molar-refractivity contribution in [1.29, 1.82) is 0 Å². The first-order valence-corrected chi connectivity index (χ1v) is 10.4. The number of nitrogens with zero attached hydrogens (tertiary/aromatic N) is 3. The van der Waals surface area contributed by atoms with Crippen molar-refractivity contribution in [3.8, 4) is 5.75 Å².